The maximum atomic E-state index is 11.7. The zero-order valence-electron chi connectivity index (χ0n) is 9.80. The molecule has 1 N–H and O–H groups in total. The van der Waals surface area contributed by atoms with E-state index in [1.165, 1.54) is 0 Å². The van der Waals surface area contributed by atoms with Gasteiger partial charge in [0, 0.05) is 11.3 Å². The standard InChI is InChI=1S/C12H15NO3S/c1-9(2)17(14,15)13-11-5-6-12-10(8-11)4-3-7-16-12/h3-6,8-9,13H,7H2,1-2H3. The van der Waals surface area contributed by atoms with E-state index in [2.05, 4.69) is 4.72 Å². The second-order valence-corrected chi connectivity index (χ2v) is 6.40. The summed E-state index contributed by atoms with van der Waals surface area (Å²) in [4.78, 5) is 0. The minimum atomic E-state index is -3.29. The molecule has 0 radical (unpaired) electrons. The Hall–Kier alpha value is -1.49. The summed E-state index contributed by atoms with van der Waals surface area (Å²) in [5, 5.41) is -0.453. The SMILES string of the molecule is CC(C)S(=O)(=O)Nc1ccc2c(c1)C=CCO2. The molecule has 0 aromatic heterocycles. The maximum Gasteiger partial charge on any atom is 0.235 e. The van der Waals surface area contributed by atoms with Crippen LogP contribution in [-0.4, -0.2) is 20.3 Å². The highest BCUT2D eigenvalue weighted by Crippen LogP contribution is 2.27. The lowest BCUT2D eigenvalue weighted by molar-refractivity contribution is 0.358. The van der Waals surface area contributed by atoms with E-state index in [1.54, 1.807) is 32.0 Å². The van der Waals surface area contributed by atoms with Gasteiger partial charge in [-0.15, -0.1) is 0 Å². The molecule has 1 aromatic rings. The molecule has 4 nitrogen and oxygen atoms in total. The number of nitrogens with one attached hydrogen (secondary N) is 1. The van der Waals surface area contributed by atoms with Gasteiger partial charge in [-0.3, -0.25) is 4.72 Å². The van der Waals surface area contributed by atoms with Crippen LogP contribution < -0.4 is 9.46 Å². The number of sulfonamides is 1. The zero-order valence-corrected chi connectivity index (χ0v) is 10.6. The fraction of sp³-hybridized carbons (Fsp3) is 0.333. The van der Waals surface area contributed by atoms with E-state index in [0.29, 0.717) is 12.3 Å². The minimum Gasteiger partial charge on any atom is -0.489 e. The number of anilines is 1. The van der Waals surface area contributed by atoms with Gasteiger partial charge in [0.15, 0.2) is 0 Å². The second-order valence-electron chi connectivity index (χ2n) is 4.16. The molecule has 0 atom stereocenters. The Morgan fingerprint density at radius 2 is 2.12 bits per heavy atom. The lowest BCUT2D eigenvalue weighted by atomic mass is 10.1. The van der Waals surface area contributed by atoms with Crippen LogP contribution in [0.15, 0.2) is 24.3 Å². The molecule has 0 amide bonds. The summed E-state index contributed by atoms with van der Waals surface area (Å²) in [6, 6.07) is 5.25. The van der Waals surface area contributed by atoms with Gasteiger partial charge in [0.25, 0.3) is 0 Å². The number of hydrogen-bond acceptors (Lipinski definition) is 3. The predicted octanol–water partition coefficient (Wildman–Crippen LogP) is 2.24. The van der Waals surface area contributed by atoms with Crippen LogP contribution in [0.2, 0.25) is 0 Å². The van der Waals surface area contributed by atoms with Crippen molar-refractivity contribution in [2.45, 2.75) is 19.1 Å². The van der Waals surface area contributed by atoms with Gasteiger partial charge in [0.2, 0.25) is 10.0 Å². The first kappa shape index (κ1) is 12.0. The quantitative estimate of drug-likeness (QED) is 0.898. The van der Waals surface area contributed by atoms with E-state index in [-0.39, 0.29) is 0 Å². The van der Waals surface area contributed by atoms with Crippen LogP contribution in [0.4, 0.5) is 5.69 Å². The Labute approximate surface area is 101 Å². The Bertz CT molecular complexity index is 547. The zero-order chi connectivity index (χ0) is 12.5. The van der Waals surface area contributed by atoms with Crippen molar-refractivity contribution >= 4 is 21.8 Å². The third-order valence-electron chi connectivity index (χ3n) is 2.52. The van der Waals surface area contributed by atoms with Crippen LogP contribution >= 0.6 is 0 Å². The van der Waals surface area contributed by atoms with Crippen molar-refractivity contribution in [2.24, 2.45) is 0 Å². The number of fused-ring (bicyclic) bond motifs is 1. The molecule has 1 aliphatic heterocycles. The summed E-state index contributed by atoms with van der Waals surface area (Å²) < 4.78 is 31.4. The maximum absolute atomic E-state index is 11.7. The Kier molecular flexibility index (Phi) is 3.11. The summed E-state index contributed by atoms with van der Waals surface area (Å²) in [5.41, 5.74) is 1.45. The molecule has 0 saturated carbocycles. The molecule has 92 valence electrons. The van der Waals surface area contributed by atoms with Crippen LogP contribution in [0.25, 0.3) is 6.08 Å². The molecular formula is C12H15NO3S. The summed E-state index contributed by atoms with van der Waals surface area (Å²) >= 11 is 0. The highest BCUT2D eigenvalue weighted by molar-refractivity contribution is 7.93. The topological polar surface area (TPSA) is 55.4 Å². The normalized spacial score (nSPS) is 14.3. The molecule has 0 unspecified atom stereocenters. The highest BCUT2D eigenvalue weighted by Gasteiger charge is 2.16. The molecule has 17 heavy (non-hydrogen) atoms. The third kappa shape index (κ3) is 2.61. The average molecular weight is 253 g/mol. The van der Waals surface area contributed by atoms with E-state index in [0.717, 1.165) is 11.3 Å². The fourth-order valence-corrected chi connectivity index (χ4v) is 2.16. The summed E-state index contributed by atoms with van der Waals surface area (Å²) in [7, 11) is -3.29. The van der Waals surface area contributed by atoms with Gasteiger partial charge in [-0.25, -0.2) is 8.42 Å². The molecule has 2 rings (SSSR count). The van der Waals surface area contributed by atoms with Crippen molar-refractivity contribution in [1.82, 2.24) is 0 Å². The highest BCUT2D eigenvalue weighted by atomic mass is 32.2. The third-order valence-corrected chi connectivity index (χ3v) is 4.28. The largest absolute Gasteiger partial charge is 0.489 e. The van der Waals surface area contributed by atoms with Gasteiger partial charge >= 0.3 is 0 Å². The van der Waals surface area contributed by atoms with Crippen LogP contribution in [0.1, 0.15) is 19.4 Å². The minimum absolute atomic E-state index is 0.453. The number of benzene rings is 1. The molecule has 0 fully saturated rings. The van der Waals surface area contributed by atoms with Gasteiger partial charge in [-0.2, -0.15) is 0 Å². The first-order valence-electron chi connectivity index (χ1n) is 5.44. The van der Waals surface area contributed by atoms with E-state index in [1.807, 2.05) is 12.2 Å². The van der Waals surface area contributed by atoms with Crippen LogP contribution in [-0.2, 0) is 10.0 Å². The van der Waals surface area contributed by atoms with Crippen LogP contribution in [0.3, 0.4) is 0 Å². The lowest BCUT2D eigenvalue weighted by Crippen LogP contribution is -2.22. The molecule has 0 aliphatic carbocycles. The van der Waals surface area contributed by atoms with Crippen LogP contribution in [0.5, 0.6) is 5.75 Å². The first-order valence-corrected chi connectivity index (χ1v) is 6.99. The second kappa shape index (κ2) is 4.41. The summed E-state index contributed by atoms with van der Waals surface area (Å²) in [6.07, 6.45) is 3.81. The molecular weight excluding hydrogens is 238 g/mol. The Morgan fingerprint density at radius 3 is 2.82 bits per heavy atom. The van der Waals surface area contributed by atoms with Gasteiger partial charge < -0.3 is 4.74 Å². The molecule has 5 heteroatoms. The summed E-state index contributed by atoms with van der Waals surface area (Å²) in [6.45, 7) is 3.84. The van der Waals surface area contributed by atoms with Gasteiger partial charge in [-0.05, 0) is 38.1 Å². The number of ether oxygens (including phenoxy) is 1. The van der Waals surface area contributed by atoms with E-state index < -0.39 is 15.3 Å². The molecule has 0 bridgehead atoms. The van der Waals surface area contributed by atoms with Crippen molar-refractivity contribution < 1.29 is 13.2 Å². The molecule has 1 aliphatic rings. The van der Waals surface area contributed by atoms with Gasteiger partial charge in [-0.1, -0.05) is 6.08 Å². The van der Waals surface area contributed by atoms with Gasteiger partial charge in [0.05, 0.1) is 5.25 Å². The van der Waals surface area contributed by atoms with Crippen molar-refractivity contribution in [3.63, 3.8) is 0 Å². The van der Waals surface area contributed by atoms with Crippen molar-refractivity contribution in [3.8, 4) is 5.75 Å². The molecule has 0 spiro atoms. The van der Waals surface area contributed by atoms with Gasteiger partial charge in [0.1, 0.15) is 12.4 Å². The number of hydrogen-bond donors (Lipinski definition) is 1. The Balaban J connectivity index is 2.28. The monoisotopic (exact) mass is 253 g/mol. The molecule has 1 aromatic carbocycles. The average Bonchev–Trinajstić information content (AvgIpc) is 2.28. The van der Waals surface area contributed by atoms with E-state index >= 15 is 0 Å². The smallest absolute Gasteiger partial charge is 0.235 e. The van der Waals surface area contributed by atoms with Crippen molar-refractivity contribution in [2.75, 3.05) is 11.3 Å². The molecule has 1 heterocycles. The summed E-state index contributed by atoms with van der Waals surface area (Å²) in [5.74, 6) is 0.778. The molecule has 0 saturated heterocycles. The number of rotatable bonds is 3. The first-order chi connectivity index (χ1) is 7.99. The fourth-order valence-electron chi connectivity index (χ4n) is 1.47. The van der Waals surface area contributed by atoms with Crippen LogP contribution in [0, 0.1) is 0 Å². The van der Waals surface area contributed by atoms with Crippen molar-refractivity contribution in [1.29, 1.82) is 0 Å². The van der Waals surface area contributed by atoms with E-state index in [4.69, 9.17) is 4.74 Å². The Morgan fingerprint density at radius 1 is 1.35 bits per heavy atom. The van der Waals surface area contributed by atoms with Crippen molar-refractivity contribution in [3.05, 3.63) is 29.8 Å². The predicted molar refractivity (Wildman–Crippen MR) is 68.6 cm³/mol. The lowest BCUT2D eigenvalue weighted by Gasteiger charge is -2.15. The van der Waals surface area contributed by atoms with E-state index in [9.17, 15) is 8.42 Å².